The smallest absolute Gasteiger partial charge is 0 e. The molecule has 0 saturated heterocycles. The predicted molar refractivity (Wildman–Crippen MR) is 236 cm³/mol. The van der Waals surface area contributed by atoms with Gasteiger partial charge in [-0.1, -0.05) is 0 Å². The van der Waals surface area contributed by atoms with E-state index in [1.54, 1.807) is 107 Å². The number of hydrogen-bond acceptors (Lipinski definition) is 2. The van der Waals surface area contributed by atoms with Crippen LogP contribution in [0.4, 0.5) is 0 Å². The summed E-state index contributed by atoms with van der Waals surface area (Å²) in [7, 11) is 52.8. The molecule has 0 rings (SSSR count). The Labute approximate surface area is 280 Å². The van der Waals surface area contributed by atoms with Gasteiger partial charge in [0, 0.05) is 289 Å². The van der Waals surface area contributed by atoms with Gasteiger partial charge in [0.25, 0.3) is 0 Å². The Hall–Kier alpha value is 7.04. The van der Waals surface area contributed by atoms with Crippen molar-refractivity contribution in [3.8, 4) is 0 Å². The fraction of sp³-hybridized carbons (Fsp3) is 0. The van der Waals surface area contributed by atoms with Crippen molar-refractivity contribution in [2.75, 3.05) is 0 Å². The Morgan fingerprint density at radius 1 is 0.156 bits per heavy atom. The van der Waals surface area contributed by atoms with Gasteiger partial charge in [-0.2, -0.15) is 0 Å². The van der Waals surface area contributed by atoms with Gasteiger partial charge in [-0.15, -0.1) is 0 Å². The number of hydrogen-bond donors (Lipinski definition) is 0. The Bertz CT molecular complexity index is 1800. The molecule has 0 unspecified atom stereocenters. The molecule has 0 heterocycles. The summed E-state index contributed by atoms with van der Waals surface area (Å²) in [6.07, 6.45) is 0. The van der Waals surface area contributed by atoms with Crippen molar-refractivity contribution in [2.24, 2.45) is 0 Å². The zero-order chi connectivity index (χ0) is 23.2. The molecular weight excluding hydrogens is 1030 g/mol. The molecule has 0 amide bonds. The normalized spacial score (nSPS) is 7.62. The maximum Gasteiger partial charge on any atom is 0 e. The van der Waals surface area contributed by atoms with Crippen molar-refractivity contribution in [2.45, 2.75) is 0 Å². The van der Waals surface area contributed by atoms with E-state index < -0.39 is 0 Å². The van der Waals surface area contributed by atoms with Crippen molar-refractivity contribution >= 4 is 289 Å². The molecule has 0 spiro atoms. The van der Waals surface area contributed by atoms with Crippen LogP contribution in [0.3, 0.4) is 0 Å². The molecule has 0 aromatic heterocycles. The molecule has 0 aliphatic carbocycles. The second kappa shape index (κ2) is 38.0. The largest absolute Gasteiger partial charge is 0 e. The summed E-state index contributed by atoms with van der Waals surface area (Å²) in [5, 5.41) is 0. The monoisotopic (exact) mass is 1020 g/mol. The van der Waals surface area contributed by atoms with E-state index in [1.807, 2.05) is 142 Å². The van der Waals surface area contributed by atoms with Crippen molar-refractivity contribution < 1.29 is 0 Å². The van der Waals surface area contributed by atoms with Crippen LogP contribution in [-0.4, -0.2) is 0 Å². The van der Waals surface area contributed by atoms with E-state index in [1.165, 1.54) is 17.8 Å². The highest BCUT2D eigenvalue weighted by atomic mass is 33.5. The summed E-state index contributed by atoms with van der Waals surface area (Å²) >= 11 is 9.58. The van der Waals surface area contributed by atoms with Crippen molar-refractivity contribution in [1.29, 1.82) is 0 Å². The van der Waals surface area contributed by atoms with E-state index in [2.05, 4.69) is 0 Å². The first-order chi connectivity index (χ1) is 15.9. The fourth-order valence-electron chi connectivity index (χ4n) is 0.318. The minimum Gasteiger partial charge on any atom is 0 e. The summed E-state index contributed by atoms with van der Waals surface area (Å²) in [6.45, 7) is 0. The molecule has 0 fully saturated rings. The highest BCUT2D eigenvalue weighted by Gasteiger charge is 1.43. The molecule has 0 aliphatic rings. The fourth-order valence-corrected chi connectivity index (χ4v) is 77.2. The van der Waals surface area contributed by atoms with Crippen LogP contribution in [0.15, 0.2) is 0 Å². The van der Waals surface area contributed by atoms with E-state index in [4.69, 9.17) is 22.4 Å². The van der Waals surface area contributed by atoms with Crippen LogP contribution in [0, 0.1) is 0 Å². The molecule has 0 radical (unpaired) electrons. The Morgan fingerprint density at radius 3 is 0.344 bits per heavy atom. The maximum absolute atomic E-state index is 4.79. The molecule has 192 valence electrons. The van der Waals surface area contributed by atoms with Crippen molar-refractivity contribution in [3.63, 3.8) is 0 Å². The molecule has 32 heteroatoms. The minimum absolute atomic E-state index is 1.37. The number of rotatable bonds is 0. The van der Waals surface area contributed by atoms with Crippen LogP contribution in [0.5, 0.6) is 0 Å². The molecule has 0 bridgehead atoms. The van der Waals surface area contributed by atoms with Crippen molar-refractivity contribution in [3.05, 3.63) is 0 Å². The van der Waals surface area contributed by atoms with Gasteiger partial charge in [-0.3, -0.25) is 0 Å². The molecule has 0 N–H and O–H groups in total. The molecule has 0 saturated carbocycles. The molecule has 0 aromatic rings. The van der Waals surface area contributed by atoms with E-state index in [0.717, 1.165) is 0 Å². The molecule has 0 aromatic carbocycles. The maximum atomic E-state index is 4.79. The highest BCUT2D eigenvalue weighted by molar-refractivity contribution is 8.80. The first-order valence-corrected chi connectivity index (χ1v) is 46.5. The second-order valence-electron chi connectivity index (χ2n) is 2.04. The molecule has 0 aliphatic heterocycles. The lowest BCUT2D eigenvalue weighted by Crippen LogP contribution is -1.41. The summed E-state index contributed by atoms with van der Waals surface area (Å²) in [4.78, 5) is 0. The van der Waals surface area contributed by atoms with E-state index in [-0.39, 0.29) is 0 Å². The van der Waals surface area contributed by atoms with Gasteiger partial charge in [-0.05, 0) is 0 Å². The van der Waals surface area contributed by atoms with E-state index in [9.17, 15) is 0 Å². The van der Waals surface area contributed by atoms with E-state index >= 15 is 0 Å². The van der Waals surface area contributed by atoms with Crippen molar-refractivity contribution in [1.82, 2.24) is 0 Å². The van der Waals surface area contributed by atoms with Crippen LogP contribution in [0.2, 0.25) is 0 Å². The van der Waals surface area contributed by atoms with Gasteiger partial charge in [0.1, 0.15) is 0 Å². The summed E-state index contributed by atoms with van der Waals surface area (Å²) in [5.74, 6) is 0. The average Bonchev–Trinajstić information content (AvgIpc) is 2.81. The van der Waals surface area contributed by atoms with Crippen LogP contribution < -0.4 is 0 Å². The highest BCUT2D eigenvalue weighted by Crippen LogP contribution is 1.43. The zero-order valence-electron chi connectivity index (χ0n) is 13.1. The van der Waals surface area contributed by atoms with Gasteiger partial charge < -0.3 is 0 Å². The van der Waals surface area contributed by atoms with Crippen LogP contribution >= 0.6 is 0 Å². The molecule has 0 nitrogen and oxygen atoms in total. The molecular formula is S32. The Morgan fingerprint density at radius 2 is 0.250 bits per heavy atom. The lowest BCUT2D eigenvalue weighted by Gasteiger charge is -1.41. The van der Waals surface area contributed by atoms with Gasteiger partial charge >= 0.3 is 0 Å². The first-order valence-electron chi connectivity index (χ1n) is 5.17. The Balaban J connectivity index is 5.97. The standard InChI is InChI=1S/S32/c1-3-5-7-9-11-13-15-17-19-21-23-25-27-29-31-32-30-28-26-24-22-20-18-16-14-12-10-8-6-4-2. The lowest BCUT2D eigenvalue weighted by molar-refractivity contribution is 5.96. The summed E-state index contributed by atoms with van der Waals surface area (Å²) in [6, 6.07) is 0. The van der Waals surface area contributed by atoms with Crippen LogP contribution in [0.25, 0.3) is 0 Å². The molecule has 0 atom stereocenters. The average molecular weight is 1030 g/mol. The minimum atomic E-state index is 1.37. The van der Waals surface area contributed by atoms with Gasteiger partial charge in [0.05, 0.1) is 0 Å². The first kappa shape index (κ1) is 39.0. The zero-order valence-corrected chi connectivity index (χ0v) is 39.2. The third kappa shape index (κ3) is 37.0. The Kier molecular flexibility index (Phi) is 46.4. The van der Waals surface area contributed by atoms with E-state index in [0.29, 0.717) is 0 Å². The molecule has 32 heavy (non-hydrogen) atoms. The lowest BCUT2D eigenvalue weighted by atomic mass is 30.7. The van der Waals surface area contributed by atoms with Crippen LogP contribution in [0.1, 0.15) is 0 Å². The summed E-state index contributed by atoms with van der Waals surface area (Å²) in [5.41, 5.74) is 0. The van der Waals surface area contributed by atoms with Gasteiger partial charge in [0.2, 0.25) is 0 Å². The predicted octanol–water partition coefficient (Wildman–Crippen LogP) is -0.0768. The van der Waals surface area contributed by atoms with Crippen LogP contribution in [-0.2, 0) is 289 Å². The summed E-state index contributed by atoms with van der Waals surface area (Å²) < 4.78 is 0. The third-order valence-electron chi connectivity index (χ3n) is 0.806. The van der Waals surface area contributed by atoms with Gasteiger partial charge in [0.15, 0.2) is 0 Å². The SMILES string of the molecule is S=S=S=S=S=S=S=S=S=S=S=S=S=S=S=S=S=S=S=S=S=S=S=S=S=S=S=S=S=S=S=S. The topological polar surface area (TPSA) is 0 Å². The van der Waals surface area contributed by atoms with Gasteiger partial charge in [-0.25, -0.2) is 0 Å². The quantitative estimate of drug-likeness (QED) is 0.334. The second-order valence-corrected chi connectivity index (χ2v) is 55.1. The third-order valence-corrected chi connectivity index (χ3v) is 65.2.